The smallest absolute Gasteiger partial charge is 0.244 e. The number of carbonyl (C=O) groups excluding carboxylic acids is 2. The molecule has 142 valence electrons. The van der Waals surface area contributed by atoms with Crippen LogP contribution in [-0.2, 0) is 20.9 Å². The van der Waals surface area contributed by atoms with Crippen molar-refractivity contribution >= 4 is 29.9 Å². The predicted molar refractivity (Wildman–Crippen MR) is 97.6 cm³/mol. The predicted octanol–water partition coefficient (Wildman–Crippen LogP) is 1.01. The molecular formula is C16H28ClN5O3. The van der Waals surface area contributed by atoms with Gasteiger partial charge in [-0.2, -0.15) is 5.10 Å². The fraction of sp³-hybridized carbons (Fsp3) is 0.688. The number of hydrogen-bond donors (Lipinski definition) is 2. The number of amides is 2. The fourth-order valence-electron chi connectivity index (χ4n) is 2.81. The minimum atomic E-state index is -0.531. The lowest BCUT2D eigenvalue weighted by Crippen LogP contribution is -2.49. The van der Waals surface area contributed by atoms with E-state index in [1.807, 2.05) is 20.8 Å². The average molecular weight is 374 g/mol. The molecule has 0 bridgehead atoms. The Balaban J connectivity index is 0.00000312. The maximum Gasteiger partial charge on any atom is 0.244 e. The molecule has 1 aliphatic heterocycles. The lowest BCUT2D eigenvalue weighted by molar-refractivity contribution is -0.144. The van der Waals surface area contributed by atoms with Crippen LogP contribution in [0.25, 0.3) is 0 Å². The van der Waals surface area contributed by atoms with Crippen molar-refractivity contribution in [3.05, 3.63) is 12.4 Å². The van der Waals surface area contributed by atoms with Crippen LogP contribution in [0, 0.1) is 0 Å². The topological polar surface area (TPSA) is 102 Å². The Labute approximate surface area is 154 Å². The molecule has 0 aromatic carbocycles. The van der Waals surface area contributed by atoms with Gasteiger partial charge in [0.1, 0.15) is 6.54 Å². The number of ether oxygens (including phenoxy) is 1. The summed E-state index contributed by atoms with van der Waals surface area (Å²) in [7, 11) is 0. The maximum atomic E-state index is 12.4. The second-order valence-electron chi connectivity index (χ2n) is 6.37. The van der Waals surface area contributed by atoms with Crippen molar-refractivity contribution in [2.75, 3.05) is 18.4 Å². The van der Waals surface area contributed by atoms with Crippen LogP contribution in [0.2, 0.25) is 0 Å². The molecule has 1 saturated heterocycles. The number of nitrogens with two attached hydrogens (primary N) is 1. The minimum absolute atomic E-state index is 0. The largest absolute Gasteiger partial charge is 0.372 e. The Hall–Kier alpha value is -1.64. The quantitative estimate of drug-likeness (QED) is 0.774. The van der Waals surface area contributed by atoms with Gasteiger partial charge >= 0.3 is 0 Å². The highest BCUT2D eigenvalue weighted by atomic mass is 35.5. The molecular weight excluding hydrogens is 346 g/mol. The third kappa shape index (κ3) is 6.30. The van der Waals surface area contributed by atoms with Gasteiger partial charge in [0.25, 0.3) is 0 Å². The Morgan fingerprint density at radius 1 is 1.40 bits per heavy atom. The summed E-state index contributed by atoms with van der Waals surface area (Å²) < 4.78 is 7.15. The van der Waals surface area contributed by atoms with Gasteiger partial charge in [0, 0.05) is 19.3 Å². The lowest BCUT2D eigenvalue weighted by atomic mass is 10.2. The van der Waals surface area contributed by atoms with Crippen molar-refractivity contribution in [2.45, 2.75) is 58.4 Å². The van der Waals surface area contributed by atoms with E-state index in [2.05, 4.69) is 10.4 Å². The molecule has 8 nitrogen and oxygen atoms in total. The Bertz CT molecular complexity index is 570. The molecule has 2 amide bonds. The van der Waals surface area contributed by atoms with Crippen molar-refractivity contribution in [3.8, 4) is 0 Å². The summed E-state index contributed by atoms with van der Waals surface area (Å²) in [5.74, 6) is -0.251. The van der Waals surface area contributed by atoms with Crippen LogP contribution >= 0.6 is 12.4 Å². The second-order valence-corrected chi connectivity index (χ2v) is 6.37. The molecule has 1 aliphatic rings. The van der Waals surface area contributed by atoms with E-state index < -0.39 is 6.04 Å². The number of anilines is 1. The van der Waals surface area contributed by atoms with Gasteiger partial charge < -0.3 is 20.7 Å². The molecule has 2 rings (SSSR count). The van der Waals surface area contributed by atoms with Crippen molar-refractivity contribution in [3.63, 3.8) is 0 Å². The van der Waals surface area contributed by atoms with Gasteiger partial charge in [-0.3, -0.25) is 14.3 Å². The zero-order valence-electron chi connectivity index (χ0n) is 15.0. The Kier molecular flexibility index (Phi) is 8.34. The van der Waals surface area contributed by atoms with E-state index in [0.717, 1.165) is 6.42 Å². The van der Waals surface area contributed by atoms with Gasteiger partial charge in [-0.25, -0.2) is 0 Å². The summed E-state index contributed by atoms with van der Waals surface area (Å²) in [4.78, 5) is 26.1. The van der Waals surface area contributed by atoms with E-state index in [-0.39, 0.29) is 43.0 Å². The summed E-state index contributed by atoms with van der Waals surface area (Å²) in [6, 6.07) is -0.531. The van der Waals surface area contributed by atoms with Crippen LogP contribution in [0.4, 0.5) is 5.69 Å². The van der Waals surface area contributed by atoms with Crippen LogP contribution in [0.1, 0.15) is 33.6 Å². The number of hydrogen-bond acceptors (Lipinski definition) is 5. The van der Waals surface area contributed by atoms with Crippen LogP contribution in [0.3, 0.4) is 0 Å². The first-order chi connectivity index (χ1) is 11.4. The zero-order chi connectivity index (χ0) is 17.7. The molecule has 25 heavy (non-hydrogen) atoms. The van der Waals surface area contributed by atoms with Crippen LogP contribution < -0.4 is 11.1 Å². The molecule has 0 saturated carbocycles. The lowest BCUT2D eigenvalue weighted by Gasteiger charge is -2.35. The van der Waals surface area contributed by atoms with Gasteiger partial charge in [-0.15, -0.1) is 12.4 Å². The summed E-state index contributed by atoms with van der Waals surface area (Å²) in [6.07, 6.45) is 4.70. The van der Waals surface area contributed by atoms with Gasteiger partial charge in [0.2, 0.25) is 11.8 Å². The number of carbonyl (C=O) groups is 2. The third-order valence-corrected chi connectivity index (χ3v) is 3.91. The standard InChI is InChI=1S/C16H27N5O3.ClH/c1-4-5-14(17)16(23)19-13-6-18-21(9-13)10-15(22)20-7-11(2)24-12(3)8-20;/h6,9,11-12,14H,4-5,7-8,10,17H2,1-3H3,(H,19,23);1H. The monoisotopic (exact) mass is 373 g/mol. The number of nitrogens with one attached hydrogen (secondary N) is 1. The summed E-state index contributed by atoms with van der Waals surface area (Å²) in [6.45, 7) is 7.19. The molecule has 3 N–H and O–H groups in total. The number of nitrogens with zero attached hydrogens (tertiary/aromatic N) is 3. The van der Waals surface area contributed by atoms with E-state index in [0.29, 0.717) is 25.2 Å². The number of morpholine rings is 1. The van der Waals surface area contributed by atoms with Crippen LogP contribution in [-0.4, -0.2) is 57.8 Å². The average Bonchev–Trinajstić information content (AvgIpc) is 2.93. The van der Waals surface area contributed by atoms with Gasteiger partial charge in [0.15, 0.2) is 0 Å². The van der Waals surface area contributed by atoms with E-state index >= 15 is 0 Å². The third-order valence-electron chi connectivity index (χ3n) is 3.91. The van der Waals surface area contributed by atoms with Gasteiger partial charge in [0.05, 0.1) is 30.1 Å². The van der Waals surface area contributed by atoms with Crippen LogP contribution in [0.5, 0.6) is 0 Å². The van der Waals surface area contributed by atoms with Crippen molar-refractivity contribution in [2.24, 2.45) is 5.73 Å². The molecule has 9 heteroatoms. The fourth-order valence-corrected chi connectivity index (χ4v) is 2.81. The molecule has 1 aromatic heterocycles. The number of halogens is 1. The normalized spacial score (nSPS) is 21.4. The molecule has 0 radical (unpaired) electrons. The summed E-state index contributed by atoms with van der Waals surface area (Å²) >= 11 is 0. The zero-order valence-corrected chi connectivity index (χ0v) is 15.8. The van der Waals surface area contributed by atoms with E-state index in [4.69, 9.17) is 10.5 Å². The second kappa shape index (κ2) is 9.74. The summed E-state index contributed by atoms with van der Waals surface area (Å²) in [5.41, 5.74) is 6.32. The van der Waals surface area contributed by atoms with E-state index in [1.54, 1.807) is 11.1 Å². The summed E-state index contributed by atoms with van der Waals surface area (Å²) in [5, 5.41) is 6.85. The highest BCUT2D eigenvalue weighted by molar-refractivity contribution is 5.94. The minimum Gasteiger partial charge on any atom is -0.372 e. The van der Waals surface area contributed by atoms with Crippen LogP contribution in [0.15, 0.2) is 12.4 Å². The van der Waals surface area contributed by atoms with E-state index in [9.17, 15) is 9.59 Å². The first-order valence-electron chi connectivity index (χ1n) is 8.41. The maximum absolute atomic E-state index is 12.4. The highest BCUT2D eigenvalue weighted by Crippen LogP contribution is 2.12. The van der Waals surface area contributed by atoms with Crippen molar-refractivity contribution in [1.82, 2.24) is 14.7 Å². The number of aromatic nitrogens is 2. The highest BCUT2D eigenvalue weighted by Gasteiger charge is 2.26. The molecule has 2 heterocycles. The Morgan fingerprint density at radius 3 is 2.64 bits per heavy atom. The van der Waals surface area contributed by atoms with Crippen molar-refractivity contribution < 1.29 is 14.3 Å². The Morgan fingerprint density at radius 2 is 2.04 bits per heavy atom. The van der Waals surface area contributed by atoms with Gasteiger partial charge in [-0.1, -0.05) is 13.3 Å². The molecule has 3 unspecified atom stereocenters. The van der Waals surface area contributed by atoms with E-state index in [1.165, 1.54) is 10.9 Å². The molecule has 0 aliphatic carbocycles. The number of rotatable bonds is 6. The SMILES string of the molecule is CCCC(N)C(=O)Nc1cnn(CC(=O)N2CC(C)OC(C)C2)c1.Cl. The van der Waals surface area contributed by atoms with Crippen molar-refractivity contribution in [1.29, 1.82) is 0 Å². The van der Waals surface area contributed by atoms with Gasteiger partial charge in [-0.05, 0) is 20.3 Å². The molecule has 1 fully saturated rings. The molecule has 3 atom stereocenters. The molecule has 1 aromatic rings. The first-order valence-corrected chi connectivity index (χ1v) is 8.41. The first kappa shape index (κ1) is 21.4. The molecule has 0 spiro atoms.